The lowest BCUT2D eigenvalue weighted by Gasteiger charge is -2.01. The molecule has 1 aromatic carbocycles. The number of aromatic hydroxyl groups is 2. The standard InChI is InChI=1S/C12H12N2O4/c15-8-2-1-3-9(16)10(8)12-13-11(14-18-12)7-4-5-17-6-7/h1-3,7,15-16H,4-6H2. The monoisotopic (exact) mass is 248 g/mol. The number of aromatic nitrogens is 2. The van der Waals surface area contributed by atoms with Crippen molar-refractivity contribution >= 4 is 0 Å². The predicted octanol–water partition coefficient (Wildman–Crippen LogP) is 1.65. The molecule has 1 saturated heterocycles. The third kappa shape index (κ3) is 1.80. The first-order valence-electron chi connectivity index (χ1n) is 5.68. The molecule has 1 aliphatic rings. The Morgan fingerprint density at radius 1 is 1.22 bits per heavy atom. The number of ether oxygens (including phenoxy) is 1. The molecule has 0 spiro atoms. The fourth-order valence-electron chi connectivity index (χ4n) is 1.99. The lowest BCUT2D eigenvalue weighted by atomic mass is 10.1. The molecule has 0 amide bonds. The van der Waals surface area contributed by atoms with E-state index in [0.29, 0.717) is 19.0 Å². The molecule has 1 atom stereocenters. The van der Waals surface area contributed by atoms with Crippen LogP contribution in [0.4, 0.5) is 0 Å². The van der Waals surface area contributed by atoms with Crippen molar-refractivity contribution in [3.8, 4) is 23.0 Å². The topological polar surface area (TPSA) is 88.6 Å². The predicted molar refractivity (Wildman–Crippen MR) is 61.2 cm³/mol. The number of benzene rings is 1. The van der Waals surface area contributed by atoms with Crippen LogP contribution in [0.3, 0.4) is 0 Å². The second kappa shape index (κ2) is 4.30. The summed E-state index contributed by atoms with van der Waals surface area (Å²) < 4.78 is 10.3. The molecule has 1 unspecified atom stereocenters. The first-order chi connectivity index (χ1) is 8.75. The van der Waals surface area contributed by atoms with Crippen molar-refractivity contribution < 1.29 is 19.5 Å². The fourth-order valence-corrected chi connectivity index (χ4v) is 1.99. The first-order valence-corrected chi connectivity index (χ1v) is 5.68. The van der Waals surface area contributed by atoms with Gasteiger partial charge >= 0.3 is 0 Å². The second-order valence-corrected chi connectivity index (χ2v) is 4.19. The van der Waals surface area contributed by atoms with Crippen LogP contribution in [-0.4, -0.2) is 33.6 Å². The SMILES string of the molecule is Oc1cccc(O)c1-c1nc(C2CCOC2)no1. The van der Waals surface area contributed by atoms with Gasteiger partial charge in [0.15, 0.2) is 5.82 Å². The summed E-state index contributed by atoms with van der Waals surface area (Å²) in [5.41, 5.74) is 0.162. The zero-order chi connectivity index (χ0) is 12.5. The van der Waals surface area contributed by atoms with Gasteiger partial charge in [0.2, 0.25) is 0 Å². The van der Waals surface area contributed by atoms with Crippen LogP contribution in [0.15, 0.2) is 22.7 Å². The van der Waals surface area contributed by atoms with E-state index in [1.54, 1.807) is 0 Å². The van der Waals surface area contributed by atoms with Crippen LogP contribution in [0.2, 0.25) is 0 Å². The second-order valence-electron chi connectivity index (χ2n) is 4.19. The van der Waals surface area contributed by atoms with E-state index in [4.69, 9.17) is 9.26 Å². The molecule has 2 N–H and O–H groups in total. The maximum atomic E-state index is 9.71. The van der Waals surface area contributed by atoms with Crippen LogP contribution >= 0.6 is 0 Å². The Hall–Kier alpha value is -2.08. The third-order valence-electron chi connectivity index (χ3n) is 2.97. The van der Waals surface area contributed by atoms with Crippen LogP contribution < -0.4 is 0 Å². The molecular weight excluding hydrogens is 236 g/mol. The first kappa shape index (κ1) is 11.0. The van der Waals surface area contributed by atoms with Gasteiger partial charge in [0.25, 0.3) is 5.89 Å². The van der Waals surface area contributed by atoms with E-state index < -0.39 is 0 Å². The van der Waals surface area contributed by atoms with E-state index in [1.807, 2.05) is 0 Å². The van der Waals surface area contributed by atoms with Crippen molar-refractivity contribution in [2.24, 2.45) is 0 Å². The highest BCUT2D eigenvalue weighted by Crippen LogP contribution is 2.36. The third-order valence-corrected chi connectivity index (χ3v) is 2.97. The highest BCUT2D eigenvalue weighted by molar-refractivity contribution is 5.69. The maximum absolute atomic E-state index is 9.71. The van der Waals surface area contributed by atoms with Crippen molar-refractivity contribution in [1.29, 1.82) is 0 Å². The molecule has 3 rings (SSSR count). The average Bonchev–Trinajstić information content (AvgIpc) is 2.99. The zero-order valence-corrected chi connectivity index (χ0v) is 9.54. The van der Waals surface area contributed by atoms with E-state index in [0.717, 1.165) is 6.42 Å². The van der Waals surface area contributed by atoms with E-state index >= 15 is 0 Å². The highest BCUT2D eigenvalue weighted by atomic mass is 16.5. The number of phenols is 2. The molecule has 94 valence electrons. The Labute approximate surface area is 103 Å². The maximum Gasteiger partial charge on any atom is 0.265 e. The molecular formula is C12H12N2O4. The molecule has 18 heavy (non-hydrogen) atoms. The molecule has 0 saturated carbocycles. The van der Waals surface area contributed by atoms with E-state index in [-0.39, 0.29) is 28.9 Å². The summed E-state index contributed by atoms with van der Waals surface area (Å²) in [6.07, 6.45) is 0.853. The molecule has 0 radical (unpaired) electrons. The van der Waals surface area contributed by atoms with Gasteiger partial charge < -0.3 is 19.5 Å². The molecule has 6 heteroatoms. The highest BCUT2D eigenvalue weighted by Gasteiger charge is 2.25. The number of hydrogen-bond acceptors (Lipinski definition) is 6. The summed E-state index contributed by atoms with van der Waals surface area (Å²) in [7, 11) is 0. The summed E-state index contributed by atoms with van der Waals surface area (Å²) in [6.45, 7) is 1.27. The minimum Gasteiger partial charge on any atom is -0.507 e. The normalized spacial score (nSPS) is 19.2. The van der Waals surface area contributed by atoms with Gasteiger partial charge in [-0.05, 0) is 18.6 Å². The summed E-state index contributed by atoms with van der Waals surface area (Å²) in [4.78, 5) is 4.21. The molecule has 2 aromatic rings. The Balaban J connectivity index is 1.97. The summed E-state index contributed by atoms with van der Waals surface area (Å²) in [5.74, 6) is 0.605. The lowest BCUT2D eigenvalue weighted by Crippen LogP contribution is -1.99. The van der Waals surface area contributed by atoms with Gasteiger partial charge in [-0.2, -0.15) is 4.98 Å². The van der Waals surface area contributed by atoms with Gasteiger partial charge in [-0.15, -0.1) is 0 Å². The van der Waals surface area contributed by atoms with Crippen LogP contribution in [-0.2, 0) is 4.74 Å². The van der Waals surface area contributed by atoms with Crippen LogP contribution in [0.5, 0.6) is 11.5 Å². The Kier molecular flexibility index (Phi) is 2.64. The Morgan fingerprint density at radius 3 is 2.67 bits per heavy atom. The summed E-state index contributed by atoms with van der Waals surface area (Å²) in [6, 6.07) is 4.45. The van der Waals surface area contributed by atoms with E-state index in [2.05, 4.69) is 10.1 Å². The molecule has 1 fully saturated rings. The minimum atomic E-state index is -0.0899. The van der Waals surface area contributed by atoms with Gasteiger partial charge in [0.05, 0.1) is 6.61 Å². The largest absolute Gasteiger partial charge is 0.507 e. The van der Waals surface area contributed by atoms with Gasteiger partial charge in [0.1, 0.15) is 17.1 Å². The number of nitrogens with zero attached hydrogens (tertiary/aromatic N) is 2. The van der Waals surface area contributed by atoms with Crippen molar-refractivity contribution in [2.75, 3.05) is 13.2 Å². The van der Waals surface area contributed by atoms with E-state index in [1.165, 1.54) is 18.2 Å². The van der Waals surface area contributed by atoms with Crippen LogP contribution in [0, 0.1) is 0 Å². The van der Waals surface area contributed by atoms with Gasteiger partial charge in [-0.3, -0.25) is 0 Å². The quantitative estimate of drug-likeness (QED) is 0.840. The molecule has 1 aliphatic heterocycles. The Morgan fingerprint density at radius 2 is 2.00 bits per heavy atom. The smallest absolute Gasteiger partial charge is 0.265 e. The molecule has 6 nitrogen and oxygen atoms in total. The van der Waals surface area contributed by atoms with Crippen molar-refractivity contribution in [2.45, 2.75) is 12.3 Å². The van der Waals surface area contributed by atoms with Crippen molar-refractivity contribution in [3.63, 3.8) is 0 Å². The molecule has 0 aliphatic carbocycles. The Bertz CT molecular complexity index is 541. The number of phenolic OH excluding ortho intramolecular Hbond substituents is 2. The van der Waals surface area contributed by atoms with Crippen LogP contribution in [0.25, 0.3) is 11.5 Å². The van der Waals surface area contributed by atoms with Gasteiger partial charge in [0, 0.05) is 12.5 Å². The minimum absolute atomic E-state index is 0.0899. The van der Waals surface area contributed by atoms with E-state index in [9.17, 15) is 10.2 Å². The van der Waals surface area contributed by atoms with Crippen LogP contribution in [0.1, 0.15) is 18.2 Å². The van der Waals surface area contributed by atoms with Crippen molar-refractivity contribution in [1.82, 2.24) is 10.1 Å². The van der Waals surface area contributed by atoms with Gasteiger partial charge in [-0.1, -0.05) is 11.2 Å². The molecule has 0 bridgehead atoms. The lowest BCUT2D eigenvalue weighted by molar-refractivity contribution is 0.192. The summed E-state index contributed by atoms with van der Waals surface area (Å²) in [5, 5.41) is 23.3. The number of rotatable bonds is 2. The summed E-state index contributed by atoms with van der Waals surface area (Å²) >= 11 is 0. The fraction of sp³-hybridized carbons (Fsp3) is 0.333. The zero-order valence-electron chi connectivity index (χ0n) is 9.54. The van der Waals surface area contributed by atoms with Crippen molar-refractivity contribution in [3.05, 3.63) is 24.0 Å². The average molecular weight is 248 g/mol. The van der Waals surface area contributed by atoms with Gasteiger partial charge in [-0.25, -0.2) is 0 Å². The number of hydrogen-bond donors (Lipinski definition) is 2. The molecule has 1 aromatic heterocycles. The molecule has 2 heterocycles.